The summed E-state index contributed by atoms with van der Waals surface area (Å²) in [5.74, 6) is -3.09. The van der Waals surface area contributed by atoms with Crippen molar-refractivity contribution in [1.82, 2.24) is 4.90 Å². The molecule has 14 heavy (non-hydrogen) atoms. The van der Waals surface area contributed by atoms with Gasteiger partial charge in [-0.05, 0) is 5.92 Å². The first-order valence-corrected chi connectivity index (χ1v) is 4.26. The van der Waals surface area contributed by atoms with Gasteiger partial charge in [-0.15, -0.1) is 12.4 Å². The molecule has 0 aromatic carbocycles. The van der Waals surface area contributed by atoms with Crippen molar-refractivity contribution < 1.29 is 13.6 Å². The predicted octanol–water partition coefficient (Wildman–Crippen LogP) is 0.869. The Labute approximate surface area is 88.0 Å². The average Bonchev–Trinajstić information content (AvgIpc) is 1.97. The Morgan fingerprint density at radius 2 is 1.86 bits per heavy atom. The summed E-state index contributed by atoms with van der Waals surface area (Å²) in [4.78, 5) is 12.4. The third-order valence-electron chi connectivity index (χ3n) is 2.16. The van der Waals surface area contributed by atoms with Crippen molar-refractivity contribution in [3.05, 3.63) is 0 Å². The van der Waals surface area contributed by atoms with E-state index in [1.54, 1.807) is 13.8 Å². The maximum atomic E-state index is 12.4. The second kappa shape index (κ2) is 4.40. The van der Waals surface area contributed by atoms with E-state index in [1.165, 1.54) is 0 Å². The minimum Gasteiger partial charge on any atom is -0.329 e. The number of carbonyl (C=O) groups excluding carboxylic acids is 1. The molecule has 0 spiro atoms. The minimum atomic E-state index is -2.70. The summed E-state index contributed by atoms with van der Waals surface area (Å²) in [5, 5.41) is 0. The van der Waals surface area contributed by atoms with Gasteiger partial charge in [0.2, 0.25) is 5.91 Å². The lowest BCUT2D eigenvalue weighted by Crippen LogP contribution is -2.62. The SMILES string of the molecule is CC(C)[C@H](N)C(=O)N1CC(F)(F)C1.Cl. The van der Waals surface area contributed by atoms with Gasteiger partial charge < -0.3 is 10.6 Å². The lowest BCUT2D eigenvalue weighted by molar-refractivity contribution is -0.167. The number of hydrogen-bond acceptors (Lipinski definition) is 2. The van der Waals surface area contributed by atoms with E-state index in [0.29, 0.717) is 0 Å². The number of carbonyl (C=O) groups is 1. The highest BCUT2D eigenvalue weighted by Gasteiger charge is 2.47. The van der Waals surface area contributed by atoms with Gasteiger partial charge >= 0.3 is 0 Å². The first-order valence-electron chi connectivity index (χ1n) is 4.26. The van der Waals surface area contributed by atoms with E-state index in [4.69, 9.17) is 5.73 Å². The summed E-state index contributed by atoms with van der Waals surface area (Å²) in [5.41, 5.74) is 5.52. The average molecular weight is 229 g/mol. The molecule has 1 rings (SSSR count). The molecule has 0 aromatic rings. The Morgan fingerprint density at radius 3 is 2.14 bits per heavy atom. The lowest BCUT2D eigenvalue weighted by atomic mass is 10.0. The molecule has 0 bridgehead atoms. The van der Waals surface area contributed by atoms with Crippen molar-refractivity contribution >= 4 is 18.3 Å². The number of alkyl halides is 2. The summed E-state index contributed by atoms with van der Waals surface area (Å²) in [6, 6.07) is -0.656. The van der Waals surface area contributed by atoms with Crippen LogP contribution in [0.15, 0.2) is 0 Å². The number of amides is 1. The van der Waals surface area contributed by atoms with Crippen LogP contribution >= 0.6 is 12.4 Å². The molecule has 0 radical (unpaired) electrons. The first kappa shape index (κ1) is 13.6. The largest absolute Gasteiger partial charge is 0.329 e. The van der Waals surface area contributed by atoms with Crippen LogP contribution in [0.1, 0.15) is 13.8 Å². The normalized spacial score (nSPS) is 21.1. The topological polar surface area (TPSA) is 46.3 Å². The number of likely N-dealkylation sites (tertiary alicyclic amines) is 1. The van der Waals surface area contributed by atoms with E-state index in [0.717, 1.165) is 4.90 Å². The summed E-state index contributed by atoms with van der Waals surface area (Å²) in [7, 11) is 0. The molecular formula is C8H15ClF2N2O. The number of nitrogens with zero attached hydrogens (tertiary/aromatic N) is 1. The van der Waals surface area contributed by atoms with Crippen molar-refractivity contribution in [3.63, 3.8) is 0 Å². The molecule has 1 aliphatic heterocycles. The van der Waals surface area contributed by atoms with Crippen LogP contribution in [0.2, 0.25) is 0 Å². The second-order valence-corrected chi connectivity index (χ2v) is 3.82. The lowest BCUT2D eigenvalue weighted by Gasteiger charge is -2.40. The molecule has 0 saturated carbocycles. The van der Waals surface area contributed by atoms with Gasteiger partial charge in [0.25, 0.3) is 5.92 Å². The van der Waals surface area contributed by atoms with Crippen molar-refractivity contribution in [2.75, 3.05) is 13.1 Å². The van der Waals surface area contributed by atoms with Crippen LogP contribution in [0.4, 0.5) is 8.78 Å². The standard InChI is InChI=1S/C8H14F2N2O.ClH/c1-5(2)6(11)7(13)12-3-8(9,10)4-12;/h5-6H,3-4,11H2,1-2H3;1H/t6-;/m0./s1. The number of rotatable bonds is 2. The Hall–Kier alpha value is -0.420. The number of nitrogens with two attached hydrogens (primary N) is 1. The van der Waals surface area contributed by atoms with E-state index in [2.05, 4.69) is 0 Å². The fourth-order valence-electron chi connectivity index (χ4n) is 1.16. The van der Waals surface area contributed by atoms with E-state index in [-0.39, 0.29) is 24.2 Å². The van der Waals surface area contributed by atoms with Gasteiger partial charge in [-0.25, -0.2) is 8.78 Å². The van der Waals surface area contributed by atoms with Gasteiger partial charge in [-0.2, -0.15) is 0 Å². The van der Waals surface area contributed by atoms with Gasteiger partial charge in [-0.1, -0.05) is 13.8 Å². The molecule has 1 aliphatic rings. The molecule has 0 aliphatic carbocycles. The van der Waals surface area contributed by atoms with Crippen molar-refractivity contribution in [1.29, 1.82) is 0 Å². The predicted molar refractivity (Wildman–Crippen MR) is 51.6 cm³/mol. The highest BCUT2D eigenvalue weighted by molar-refractivity contribution is 5.85. The molecule has 2 N–H and O–H groups in total. The molecule has 84 valence electrons. The van der Waals surface area contributed by atoms with Crippen molar-refractivity contribution in [2.24, 2.45) is 11.7 Å². The zero-order valence-electron chi connectivity index (χ0n) is 8.17. The van der Waals surface area contributed by atoms with Crippen LogP contribution in [-0.4, -0.2) is 35.9 Å². The summed E-state index contributed by atoms with van der Waals surface area (Å²) >= 11 is 0. The minimum absolute atomic E-state index is 0. The van der Waals surface area contributed by atoms with Crippen LogP contribution in [-0.2, 0) is 4.79 Å². The molecule has 1 heterocycles. The third kappa shape index (κ3) is 2.78. The third-order valence-corrected chi connectivity index (χ3v) is 2.16. The molecule has 1 amide bonds. The zero-order chi connectivity index (χ0) is 10.2. The van der Waals surface area contributed by atoms with E-state index >= 15 is 0 Å². The van der Waals surface area contributed by atoms with Crippen LogP contribution in [0.5, 0.6) is 0 Å². The Kier molecular flexibility index (Phi) is 4.27. The smallest absolute Gasteiger partial charge is 0.282 e. The summed E-state index contributed by atoms with van der Waals surface area (Å²) < 4.78 is 24.8. The van der Waals surface area contributed by atoms with Crippen LogP contribution in [0, 0.1) is 5.92 Å². The Bertz CT molecular complexity index is 215. The molecule has 3 nitrogen and oxygen atoms in total. The highest BCUT2D eigenvalue weighted by atomic mass is 35.5. The Morgan fingerprint density at radius 1 is 1.43 bits per heavy atom. The van der Waals surface area contributed by atoms with Gasteiger partial charge in [0, 0.05) is 0 Å². The molecular weight excluding hydrogens is 214 g/mol. The zero-order valence-corrected chi connectivity index (χ0v) is 8.98. The van der Waals surface area contributed by atoms with Gasteiger partial charge in [0.1, 0.15) is 0 Å². The van der Waals surface area contributed by atoms with Gasteiger partial charge in [0.15, 0.2) is 0 Å². The van der Waals surface area contributed by atoms with E-state index in [1.807, 2.05) is 0 Å². The highest BCUT2D eigenvalue weighted by Crippen LogP contribution is 2.27. The first-order chi connectivity index (χ1) is 5.83. The molecule has 1 saturated heterocycles. The van der Waals surface area contributed by atoms with E-state index < -0.39 is 25.1 Å². The van der Waals surface area contributed by atoms with Crippen molar-refractivity contribution in [2.45, 2.75) is 25.8 Å². The summed E-state index contributed by atoms with van der Waals surface area (Å²) in [6.07, 6.45) is 0. The van der Waals surface area contributed by atoms with Crippen LogP contribution in [0.25, 0.3) is 0 Å². The van der Waals surface area contributed by atoms with Crippen molar-refractivity contribution in [3.8, 4) is 0 Å². The number of halogens is 3. The molecule has 1 atom stereocenters. The van der Waals surface area contributed by atoms with Gasteiger partial charge in [0.05, 0.1) is 19.1 Å². The fourth-order valence-corrected chi connectivity index (χ4v) is 1.16. The number of hydrogen-bond donors (Lipinski definition) is 1. The maximum absolute atomic E-state index is 12.4. The van der Waals surface area contributed by atoms with Crippen LogP contribution in [0.3, 0.4) is 0 Å². The quantitative estimate of drug-likeness (QED) is 0.763. The van der Waals surface area contributed by atoms with E-state index in [9.17, 15) is 13.6 Å². The van der Waals surface area contributed by atoms with Crippen LogP contribution < -0.4 is 5.73 Å². The molecule has 6 heteroatoms. The maximum Gasteiger partial charge on any atom is 0.282 e. The second-order valence-electron chi connectivity index (χ2n) is 3.82. The van der Waals surface area contributed by atoms with Gasteiger partial charge in [-0.3, -0.25) is 4.79 Å². The molecule has 0 unspecified atom stereocenters. The summed E-state index contributed by atoms with van der Waals surface area (Å²) in [6.45, 7) is 2.62. The Balaban J connectivity index is 0.00000169. The monoisotopic (exact) mass is 228 g/mol. The fraction of sp³-hybridized carbons (Fsp3) is 0.875. The molecule has 1 fully saturated rings. The molecule has 0 aromatic heterocycles.